The molecule has 4 rings (SSSR count). The van der Waals surface area contributed by atoms with Crippen LogP contribution >= 0.6 is 0 Å². The minimum Gasteiger partial charge on any atom is -0.456 e. The number of rotatable bonds is 11. The number of aliphatic hydroxyl groups is 2. The third kappa shape index (κ3) is 9.42. The first-order valence-corrected chi connectivity index (χ1v) is 16.7. The maximum Gasteiger partial charge on any atom is 0.330 e. The molecule has 51 heavy (non-hydrogen) atoms. The van der Waals surface area contributed by atoms with E-state index in [4.69, 9.17) is 29.4 Å². The summed E-state index contributed by atoms with van der Waals surface area (Å²) >= 11 is 0. The Morgan fingerprint density at radius 1 is 1.12 bits per heavy atom. The number of nitrogens with two attached hydrogens (primary N) is 1. The van der Waals surface area contributed by atoms with Gasteiger partial charge in [-0.2, -0.15) is 0 Å². The van der Waals surface area contributed by atoms with Crippen LogP contribution in [0.1, 0.15) is 73.5 Å². The Morgan fingerprint density at radius 3 is 2.41 bits per heavy atom. The number of nitrogens with one attached hydrogen (secondary N) is 3. The van der Waals surface area contributed by atoms with Crippen molar-refractivity contribution in [2.24, 2.45) is 16.6 Å². The topological polar surface area (TPSA) is 260 Å². The van der Waals surface area contributed by atoms with Crippen molar-refractivity contribution >= 4 is 23.7 Å². The van der Waals surface area contributed by atoms with E-state index in [0.717, 1.165) is 22.9 Å². The Kier molecular flexibility index (Phi) is 12.2. The largest absolute Gasteiger partial charge is 0.456 e. The second kappa shape index (κ2) is 15.6. The zero-order chi connectivity index (χ0) is 38.0. The standard InChI is InChI=1S/C33H49N5O13/c1-15-9-8-10-16(26(43)35-15)36-27(44)18-13-17(39)20(41)29(48-18)50-23(25(34)42)22-21(47-7)24(51-30(45)33(5,6)14-32(2,3)4)28(49-22)38-12-11-19(40)37-31(38)46/h11-13,15-17,20-24,28-29,39,41H,8-10,14H2,1-7H3,(H2,34,42)(H,35,43)(H,36,44)(H,37,40,46)/t15-,16+,17+,20+,21-,22?,23-,24-,28-,29-/m1/s1. The van der Waals surface area contributed by atoms with E-state index in [1.54, 1.807) is 13.8 Å². The number of aromatic amines is 1. The maximum absolute atomic E-state index is 13.6. The van der Waals surface area contributed by atoms with Gasteiger partial charge in [0.05, 0.1) is 5.41 Å². The molecule has 1 aromatic rings. The number of carbonyl (C=O) groups is 4. The Morgan fingerprint density at radius 2 is 1.80 bits per heavy atom. The summed E-state index contributed by atoms with van der Waals surface area (Å²) in [6.07, 6.45) is -9.00. The van der Waals surface area contributed by atoms with Crippen LogP contribution in [0.3, 0.4) is 0 Å². The lowest BCUT2D eigenvalue weighted by Gasteiger charge is -2.35. The lowest BCUT2D eigenvalue weighted by Crippen LogP contribution is -2.54. The van der Waals surface area contributed by atoms with Gasteiger partial charge in [-0.25, -0.2) is 4.79 Å². The average Bonchev–Trinajstić information content (AvgIpc) is 3.27. The van der Waals surface area contributed by atoms with Crippen molar-refractivity contribution in [2.45, 2.75) is 128 Å². The van der Waals surface area contributed by atoms with E-state index in [9.17, 15) is 39.0 Å². The van der Waals surface area contributed by atoms with E-state index in [2.05, 4.69) is 15.6 Å². The van der Waals surface area contributed by atoms with Crippen molar-refractivity contribution in [1.29, 1.82) is 0 Å². The van der Waals surface area contributed by atoms with Gasteiger partial charge in [-0.05, 0) is 57.9 Å². The van der Waals surface area contributed by atoms with E-state index in [1.807, 2.05) is 27.7 Å². The number of primary amides is 1. The summed E-state index contributed by atoms with van der Waals surface area (Å²) in [5, 5.41) is 26.7. The summed E-state index contributed by atoms with van der Waals surface area (Å²) in [6.45, 7) is 11.1. The summed E-state index contributed by atoms with van der Waals surface area (Å²) in [5.41, 5.74) is 2.79. The van der Waals surface area contributed by atoms with Crippen molar-refractivity contribution in [2.75, 3.05) is 7.11 Å². The van der Waals surface area contributed by atoms with Gasteiger partial charge in [0.1, 0.15) is 30.5 Å². The van der Waals surface area contributed by atoms with E-state index < -0.39 is 101 Å². The highest BCUT2D eigenvalue weighted by Gasteiger charge is 2.55. The van der Waals surface area contributed by atoms with E-state index >= 15 is 0 Å². The second-order valence-electron chi connectivity index (χ2n) is 15.0. The number of hydrogen-bond acceptors (Lipinski definition) is 13. The lowest BCUT2D eigenvalue weighted by atomic mass is 9.76. The van der Waals surface area contributed by atoms with E-state index in [-0.39, 0.29) is 11.5 Å². The van der Waals surface area contributed by atoms with Gasteiger partial charge in [0, 0.05) is 25.4 Å². The summed E-state index contributed by atoms with van der Waals surface area (Å²) in [6, 6.07) is 0.0551. The molecule has 7 N–H and O–H groups in total. The molecule has 2 saturated heterocycles. The van der Waals surface area contributed by atoms with Gasteiger partial charge in [0.15, 0.2) is 24.2 Å². The predicted octanol–water partition coefficient (Wildman–Crippen LogP) is -1.17. The number of H-pyrrole nitrogens is 1. The van der Waals surface area contributed by atoms with E-state index in [0.29, 0.717) is 25.7 Å². The van der Waals surface area contributed by atoms with Gasteiger partial charge < -0.3 is 50.3 Å². The molecule has 284 valence electrons. The highest BCUT2D eigenvalue weighted by Crippen LogP contribution is 2.40. The number of carbonyl (C=O) groups excluding carboxylic acids is 4. The van der Waals surface area contributed by atoms with Gasteiger partial charge in [-0.3, -0.25) is 33.5 Å². The second-order valence-corrected chi connectivity index (χ2v) is 15.0. The molecule has 0 radical (unpaired) electrons. The Hall–Kier alpha value is -4.10. The molecule has 3 aliphatic heterocycles. The van der Waals surface area contributed by atoms with Crippen molar-refractivity contribution in [3.63, 3.8) is 0 Å². The molecule has 3 amide bonds. The molecule has 2 fully saturated rings. The van der Waals surface area contributed by atoms with Crippen LogP contribution < -0.4 is 27.6 Å². The molecular weight excluding hydrogens is 674 g/mol. The van der Waals surface area contributed by atoms with Crippen molar-refractivity contribution in [3.05, 3.63) is 44.9 Å². The fraction of sp³-hybridized carbons (Fsp3) is 0.697. The lowest BCUT2D eigenvalue weighted by molar-refractivity contribution is -0.241. The summed E-state index contributed by atoms with van der Waals surface area (Å²) in [7, 11) is 1.23. The molecule has 0 bridgehead atoms. The van der Waals surface area contributed by atoms with Crippen LogP contribution in [0.4, 0.5) is 0 Å². The smallest absolute Gasteiger partial charge is 0.330 e. The van der Waals surface area contributed by atoms with Crippen molar-refractivity contribution in [1.82, 2.24) is 20.2 Å². The fourth-order valence-corrected chi connectivity index (χ4v) is 6.71. The first-order valence-electron chi connectivity index (χ1n) is 16.7. The number of amides is 3. The molecule has 0 spiro atoms. The van der Waals surface area contributed by atoms with Crippen LogP contribution in [0.15, 0.2) is 33.7 Å². The molecular formula is C33H49N5O13. The van der Waals surface area contributed by atoms with Gasteiger partial charge in [0.25, 0.3) is 11.5 Å². The van der Waals surface area contributed by atoms with Gasteiger partial charge in [-0.15, -0.1) is 0 Å². The monoisotopic (exact) mass is 723 g/mol. The van der Waals surface area contributed by atoms with Crippen LogP contribution in [0.5, 0.6) is 0 Å². The Bertz CT molecular complexity index is 1610. The SMILES string of the molecule is CO[C@@H]1C([C@@H](O[C@H]2OC(C(=O)N[C@H]3CCC[C@@H](C)NC3=O)=C[C@H](O)[C@@H]2O)C(N)=O)O[C@@H](n2ccc(=O)[nH]c2=O)[C@@H]1OC(=O)C(C)(C)CC(C)(C)C. The zero-order valence-electron chi connectivity index (χ0n) is 29.7. The highest BCUT2D eigenvalue weighted by atomic mass is 16.7. The first-order chi connectivity index (χ1) is 23.7. The molecule has 10 atom stereocenters. The van der Waals surface area contributed by atoms with Crippen LogP contribution in [0.25, 0.3) is 0 Å². The average molecular weight is 724 g/mol. The van der Waals surface area contributed by atoms with Crippen LogP contribution in [0, 0.1) is 10.8 Å². The number of aliphatic hydroxyl groups excluding tert-OH is 2. The number of esters is 1. The predicted molar refractivity (Wildman–Crippen MR) is 176 cm³/mol. The third-order valence-electron chi connectivity index (χ3n) is 8.81. The number of aromatic nitrogens is 2. The molecule has 1 aromatic heterocycles. The molecule has 18 nitrogen and oxygen atoms in total. The molecule has 1 unspecified atom stereocenters. The van der Waals surface area contributed by atoms with Crippen LogP contribution in [-0.2, 0) is 42.9 Å². The van der Waals surface area contributed by atoms with E-state index in [1.165, 1.54) is 7.11 Å². The molecule has 18 heteroatoms. The molecule has 0 aliphatic carbocycles. The summed E-state index contributed by atoms with van der Waals surface area (Å²) < 4.78 is 30.0. The summed E-state index contributed by atoms with van der Waals surface area (Å²) in [4.78, 5) is 79.2. The number of ether oxygens (including phenoxy) is 5. The first kappa shape index (κ1) is 39.7. The minimum absolute atomic E-state index is 0.0840. The number of hydrogen-bond donors (Lipinski definition) is 6. The number of methoxy groups -OCH3 is 1. The third-order valence-corrected chi connectivity index (χ3v) is 8.81. The molecule has 0 aromatic carbocycles. The van der Waals surface area contributed by atoms with Crippen LogP contribution in [-0.4, -0.2) is 106 Å². The normalized spacial score (nSPS) is 30.6. The Balaban J connectivity index is 1.62. The van der Waals surface area contributed by atoms with Gasteiger partial charge in [-0.1, -0.05) is 20.8 Å². The van der Waals surface area contributed by atoms with Crippen LogP contribution in [0.2, 0.25) is 0 Å². The van der Waals surface area contributed by atoms with Gasteiger partial charge >= 0.3 is 11.7 Å². The fourth-order valence-electron chi connectivity index (χ4n) is 6.71. The number of nitrogens with zero attached hydrogens (tertiary/aromatic N) is 1. The minimum atomic E-state index is -1.89. The maximum atomic E-state index is 13.6. The van der Waals surface area contributed by atoms with Crippen molar-refractivity contribution < 1.29 is 53.1 Å². The summed E-state index contributed by atoms with van der Waals surface area (Å²) in [5.74, 6) is -3.66. The van der Waals surface area contributed by atoms with Crippen molar-refractivity contribution in [3.8, 4) is 0 Å². The highest BCUT2D eigenvalue weighted by molar-refractivity contribution is 5.95. The zero-order valence-corrected chi connectivity index (χ0v) is 29.7. The molecule has 3 aliphatic rings. The molecule has 4 heterocycles. The Labute approximate surface area is 294 Å². The molecule has 0 saturated carbocycles. The quantitative estimate of drug-likeness (QED) is 0.147. The van der Waals surface area contributed by atoms with Gasteiger partial charge in [0.2, 0.25) is 18.1 Å².